The first kappa shape index (κ1) is 31.7. The molecule has 1 aromatic heterocycles. The van der Waals surface area contributed by atoms with E-state index in [0.29, 0.717) is 60.8 Å². The fraction of sp³-hybridized carbons (Fsp3) is 0.278. The van der Waals surface area contributed by atoms with Crippen molar-refractivity contribution in [1.82, 2.24) is 0 Å². The van der Waals surface area contributed by atoms with Gasteiger partial charge < -0.3 is 0 Å². The molecule has 7 nitrogen and oxygen atoms in total. The SMILES string of the molecule is COc1cc(-c2oc3c(OC)cc(C4OCC(C)(C)CO4)cc3[c]2[Hg][Cl])cc(OCc2ccccc2)c1OCc1ccccc1. The zero-order valence-electron chi connectivity index (χ0n) is 25.9. The molecule has 0 unspecified atom stereocenters. The van der Waals surface area contributed by atoms with Crippen LogP contribution in [0.25, 0.3) is 22.3 Å². The molecule has 6 rings (SSSR count). The number of halogens is 1. The summed E-state index contributed by atoms with van der Waals surface area (Å²) >= 11 is -2.13. The van der Waals surface area contributed by atoms with Crippen molar-refractivity contribution in [1.29, 1.82) is 0 Å². The summed E-state index contributed by atoms with van der Waals surface area (Å²) in [7, 11) is 10.1. The van der Waals surface area contributed by atoms with Gasteiger partial charge in [-0.1, -0.05) is 0 Å². The third kappa shape index (κ3) is 7.12. The molecule has 0 radical (unpaired) electrons. The quantitative estimate of drug-likeness (QED) is 0.125. The van der Waals surface area contributed by atoms with Gasteiger partial charge in [-0.05, 0) is 0 Å². The molecule has 0 N–H and O–H groups in total. The Bertz CT molecular complexity index is 1740. The first-order valence-corrected chi connectivity index (χ1v) is 24.4. The van der Waals surface area contributed by atoms with Crippen molar-refractivity contribution < 1.29 is 56.2 Å². The molecule has 45 heavy (non-hydrogen) atoms. The minimum atomic E-state index is -2.13. The molecular weight excluding hydrogens is 780 g/mol. The monoisotopic (exact) mass is 816 g/mol. The van der Waals surface area contributed by atoms with Crippen LogP contribution in [0.1, 0.15) is 36.8 Å². The van der Waals surface area contributed by atoms with E-state index in [0.717, 1.165) is 30.7 Å². The Balaban J connectivity index is 1.42. The van der Waals surface area contributed by atoms with Crippen LogP contribution in [0.2, 0.25) is 0 Å². The number of benzene rings is 4. The van der Waals surface area contributed by atoms with Crippen LogP contribution in [0, 0.1) is 5.41 Å². The predicted molar refractivity (Wildman–Crippen MR) is 170 cm³/mol. The Morgan fingerprint density at radius 2 is 1.38 bits per heavy atom. The van der Waals surface area contributed by atoms with E-state index in [2.05, 4.69) is 19.9 Å². The van der Waals surface area contributed by atoms with Crippen LogP contribution in [0.5, 0.6) is 23.0 Å². The van der Waals surface area contributed by atoms with Gasteiger partial charge in [-0.3, -0.25) is 0 Å². The molecule has 230 valence electrons. The standard InChI is InChI=1S/C36H35O7.ClH.Hg/c1-36(2)22-41-35(42-23-36)28-15-27-18-29(43-33(27)30(19-28)37-3)26-16-31(38-4)34(40-21-25-13-9-6-10-14-25)32(17-26)39-20-24-11-7-5-8-12-24;;/h5-17,19,35H,20-23H2,1-4H3;1H;/q;;+1/p-1. The van der Waals surface area contributed by atoms with Crippen molar-refractivity contribution in [3.05, 3.63) is 102 Å². The maximum absolute atomic E-state index is 6.85. The van der Waals surface area contributed by atoms with Crippen LogP contribution in [0.3, 0.4) is 0 Å². The summed E-state index contributed by atoms with van der Waals surface area (Å²) in [5, 5.41) is 0.920. The summed E-state index contributed by atoms with van der Waals surface area (Å²) in [6.07, 6.45) is -0.492. The maximum atomic E-state index is 6.85. The summed E-state index contributed by atoms with van der Waals surface area (Å²) < 4.78 is 44.2. The summed E-state index contributed by atoms with van der Waals surface area (Å²) in [6.45, 7) is 6.16. The van der Waals surface area contributed by atoms with E-state index < -0.39 is 29.6 Å². The molecule has 0 bridgehead atoms. The molecule has 4 aromatic carbocycles. The van der Waals surface area contributed by atoms with Gasteiger partial charge in [0.25, 0.3) is 0 Å². The summed E-state index contributed by atoms with van der Waals surface area (Å²) in [6, 6.07) is 27.8. The molecule has 1 fully saturated rings. The zero-order valence-corrected chi connectivity index (χ0v) is 32.2. The molecule has 1 aliphatic heterocycles. The summed E-state index contributed by atoms with van der Waals surface area (Å²) in [4.78, 5) is 0. The van der Waals surface area contributed by atoms with Crippen molar-refractivity contribution in [2.24, 2.45) is 5.41 Å². The van der Waals surface area contributed by atoms with E-state index in [1.54, 1.807) is 14.2 Å². The summed E-state index contributed by atoms with van der Waals surface area (Å²) in [5.41, 5.74) is 4.32. The van der Waals surface area contributed by atoms with Crippen LogP contribution >= 0.6 is 8.25 Å². The number of hydrogen-bond acceptors (Lipinski definition) is 7. The second-order valence-corrected chi connectivity index (χ2v) is 17.9. The van der Waals surface area contributed by atoms with Gasteiger partial charge in [0.2, 0.25) is 0 Å². The summed E-state index contributed by atoms with van der Waals surface area (Å²) in [5.74, 6) is 2.87. The van der Waals surface area contributed by atoms with Crippen molar-refractivity contribution in [2.45, 2.75) is 33.4 Å². The zero-order chi connectivity index (χ0) is 31.4. The Hall–Kier alpha value is -3.23. The molecule has 1 saturated heterocycles. The van der Waals surface area contributed by atoms with Gasteiger partial charge in [0, 0.05) is 0 Å². The first-order chi connectivity index (χ1) is 21.9. The van der Waals surface area contributed by atoms with Gasteiger partial charge in [0.15, 0.2) is 0 Å². The van der Waals surface area contributed by atoms with E-state index in [9.17, 15) is 0 Å². The fourth-order valence-corrected chi connectivity index (χ4v) is 10.8. The van der Waals surface area contributed by atoms with E-state index in [-0.39, 0.29) is 5.41 Å². The number of methoxy groups -OCH3 is 2. The van der Waals surface area contributed by atoms with Crippen LogP contribution < -0.4 is 22.0 Å². The van der Waals surface area contributed by atoms with E-state index in [4.69, 9.17) is 41.1 Å². The molecule has 0 spiro atoms. The van der Waals surface area contributed by atoms with Crippen LogP contribution in [-0.2, 0) is 46.0 Å². The van der Waals surface area contributed by atoms with E-state index in [1.165, 1.54) is 0 Å². The molecular formula is C36H35ClHgO7. The van der Waals surface area contributed by atoms with Crippen molar-refractivity contribution in [3.8, 4) is 34.3 Å². The van der Waals surface area contributed by atoms with Crippen molar-refractivity contribution in [3.63, 3.8) is 0 Å². The van der Waals surface area contributed by atoms with Crippen molar-refractivity contribution in [2.75, 3.05) is 27.4 Å². The number of fused-ring (bicyclic) bond motifs is 1. The Morgan fingerprint density at radius 3 is 1.98 bits per heavy atom. The molecule has 9 heteroatoms. The number of furan rings is 1. The molecule has 0 aliphatic carbocycles. The number of ether oxygens (including phenoxy) is 6. The van der Waals surface area contributed by atoms with E-state index >= 15 is 0 Å². The minimum absolute atomic E-state index is 0.0395. The third-order valence-corrected chi connectivity index (χ3v) is 13.8. The average Bonchev–Trinajstić information content (AvgIpc) is 3.45. The molecule has 0 saturated carbocycles. The number of rotatable bonds is 11. The van der Waals surface area contributed by atoms with E-state index in [1.807, 2.05) is 78.9 Å². The normalized spacial score (nSPS) is 14.6. The second kappa shape index (κ2) is 14.0. The van der Waals surface area contributed by atoms with Gasteiger partial charge in [0.1, 0.15) is 0 Å². The topological polar surface area (TPSA) is 68.5 Å². The first-order valence-electron chi connectivity index (χ1n) is 14.9. The van der Waals surface area contributed by atoms with Crippen LogP contribution in [0.4, 0.5) is 0 Å². The third-order valence-electron chi connectivity index (χ3n) is 7.72. The van der Waals surface area contributed by atoms with Gasteiger partial charge in [-0.25, -0.2) is 0 Å². The van der Waals surface area contributed by atoms with Gasteiger partial charge in [-0.15, -0.1) is 0 Å². The van der Waals surface area contributed by atoms with Crippen LogP contribution in [-0.4, -0.2) is 27.4 Å². The molecule has 2 heterocycles. The molecule has 0 amide bonds. The molecule has 0 atom stereocenters. The second-order valence-electron chi connectivity index (χ2n) is 11.8. The number of hydrogen-bond donors (Lipinski definition) is 0. The molecule has 5 aromatic rings. The van der Waals surface area contributed by atoms with Gasteiger partial charge in [-0.2, -0.15) is 0 Å². The van der Waals surface area contributed by atoms with Gasteiger partial charge in [0.05, 0.1) is 0 Å². The van der Waals surface area contributed by atoms with Crippen LogP contribution in [0.15, 0.2) is 89.3 Å². The van der Waals surface area contributed by atoms with Gasteiger partial charge >= 0.3 is 281 Å². The fourth-order valence-electron chi connectivity index (χ4n) is 5.35. The average molecular weight is 816 g/mol. The Kier molecular flexibility index (Phi) is 9.90. The Labute approximate surface area is 279 Å². The Morgan fingerprint density at radius 1 is 0.778 bits per heavy atom. The van der Waals surface area contributed by atoms with Crippen molar-refractivity contribution >= 4 is 22.3 Å². The molecule has 1 aliphatic rings. The predicted octanol–water partition coefficient (Wildman–Crippen LogP) is 8.21.